The molecule has 0 radical (unpaired) electrons. The van der Waals surface area contributed by atoms with Crippen LogP contribution in [0.25, 0.3) is 0 Å². The molecule has 94 valence electrons. The molecular formula is C12H17ClN2OS. The molecule has 0 aliphatic rings. The maximum Gasteiger partial charge on any atom is 0.235 e. The number of carbonyl (C=O) groups is 1. The summed E-state index contributed by atoms with van der Waals surface area (Å²) < 4.78 is 0. The van der Waals surface area contributed by atoms with Gasteiger partial charge in [0.2, 0.25) is 5.91 Å². The summed E-state index contributed by atoms with van der Waals surface area (Å²) in [7, 11) is 0. The van der Waals surface area contributed by atoms with E-state index in [0.717, 1.165) is 4.90 Å². The second-order valence-electron chi connectivity index (χ2n) is 4.04. The number of amides is 1. The summed E-state index contributed by atoms with van der Waals surface area (Å²) in [5.74, 6) is 0.279. The summed E-state index contributed by atoms with van der Waals surface area (Å²) in [6.07, 6.45) is 0. The zero-order valence-electron chi connectivity index (χ0n) is 9.94. The van der Waals surface area contributed by atoms with Gasteiger partial charge in [-0.05, 0) is 18.2 Å². The molecule has 0 aliphatic carbocycles. The van der Waals surface area contributed by atoms with Crippen LogP contribution in [0.15, 0.2) is 29.2 Å². The van der Waals surface area contributed by atoms with Crippen LogP contribution in [-0.4, -0.2) is 23.7 Å². The minimum absolute atomic E-state index is 0.229. The molecule has 3 nitrogen and oxygen atoms in total. The molecule has 0 saturated carbocycles. The van der Waals surface area contributed by atoms with E-state index in [1.807, 2.05) is 38.1 Å². The Labute approximate surface area is 111 Å². The molecule has 1 unspecified atom stereocenters. The molecule has 1 aromatic rings. The quantitative estimate of drug-likeness (QED) is 0.781. The largest absolute Gasteiger partial charge is 0.368 e. The highest BCUT2D eigenvalue weighted by Crippen LogP contribution is 2.22. The number of nitrogens with one attached hydrogen (secondary N) is 1. The van der Waals surface area contributed by atoms with Gasteiger partial charge in [-0.3, -0.25) is 4.79 Å². The standard InChI is InChI=1S/C12H17ClN2OS/c1-8(2)15-11(12(14)16)7-17-10-5-3-4-9(13)6-10/h3-6,8,11,15H,7H2,1-2H3,(H2,14,16). The van der Waals surface area contributed by atoms with Gasteiger partial charge >= 0.3 is 0 Å². The number of hydrogen-bond donors (Lipinski definition) is 2. The van der Waals surface area contributed by atoms with Gasteiger partial charge in [-0.25, -0.2) is 0 Å². The van der Waals surface area contributed by atoms with Gasteiger partial charge in [0, 0.05) is 21.7 Å². The van der Waals surface area contributed by atoms with Gasteiger partial charge in [0.1, 0.15) is 0 Å². The summed E-state index contributed by atoms with van der Waals surface area (Å²) in [4.78, 5) is 12.3. The lowest BCUT2D eigenvalue weighted by Gasteiger charge is -2.17. The third-order valence-electron chi connectivity index (χ3n) is 2.09. The minimum atomic E-state index is -0.326. The molecule has 1 amide bonds. The fraction of sp³-hybridized carbons (Fsp3) is 0.417. The van der Waals surface area contributed by atoms with Gasteiger partial charge in [-0.2, -0.15) is 0 Å². The van der Waals surface area contributed by atoms with Crippen molar-refractivity contribution >= 4 is 29.3 Å². The van der Waals surface area contributed by atoms with Gasteiger partial charge in [0.05, 0.1) is 6.04 Å². The van der Waals surface area contributed by atoms with Crippen molar-refractivity contribution in [2.75, 3.05) is 5.75 Å². The number of carbonyl (C=O) groups excluding carboxylic acids is 1. The van der Waals surface area contributed by atoms with Crippen LogP contribution in [0.1, 0.15) is 13.8 Å². The van der Waals surface area contributed by atoms with Crippen LogP contribution in [0.4, 0.5) is 0 Å². The van der Waals surface area contributed by atoms with Crippen molar-refractivity contribution in [3.63, 3.8) is 0 Å². The Morgan fingerprint density at radius 1 is 1.53 bits per heavy atom. The first kappa shape index (κ1) is 14.4. The molecule has 17 heavy (non-hydrogen) atoms. The highest BCUT2D eigenvalue weighted by Gasteiger charge is 2.16. The molecule has 3 N–H and O–H groups in total. The first-order valence-electron chi connectivity index (χ1n) is 5.42. The van der Waals surface area contributed by atoms with E-state index in [0.29, 0.717) is 10.8 Å². The maximum atomic E-state index is 11.2. The van der Waals surface area contributed by atoms with E-state index in [4.69, 9.17) is 17.3 Å². The highest BCUT2D eigenvalue weighted by molar-refractivity contribution is 7.99. The first-order chi connectivity index (χ1) is 7.99. The molecule has 1 atom stereocenters. The van der Waals surface area contributed by atoms with Gasteiger partial charge in [-0.1, -0.05) is 31.5 Å². The average molecular weight is 273 g/mol. The van der Waals surface area contributed by atoms with E-state index in [9.17, 15) is 4.79 Å². The van der Waals surface area contributed by atoms with Crippen molar-refractivity contribution in [1.29, 1.82) is 0 Å². The summed E-state index contributed by atoms with van der Waals surface area (Å²) in [6.45, 7) is 3.97. The minimum Gasteiger partial charge on any atom is -0.368 e. The predicted molar refractivity (Wildman–Crippen MR) is 73.4 cm³/mol. The first-order valence-corrected chi connectivity index (χ1v) is 6.79. The fourth-order valence-electron chi connectivity index (χ4n) is 1.35. The number of halogens is 1. The van der Waals surface area contributed by atoms with E-state index < -0.39 is 0 Å². The lowest BCUT2D eigenvalue weighted by molar-refractivity contribution is -0.119. The molecule has 1 rings (SSSR count). The van der Waals surface area contributed by atoms with Crippen LogP contribution in [-0.2, 0) is 4.79 Å². The van der Waals surface area contributed by atoms with Crippen LogP contribution < -0.4 is 11.1 Å². The summed E-state index contributed by atoms with van der Waals surface area (Å²) in [5, 5.41) is 3.83. The van der Waals surface area contributed by atoms with Crippen molar-refractivity contribution in [3.8, 4) is 0 Å². The van der Waals surface area contributed by atoms with Crippen LogP contribution in [0.2, 0.25) is 5.02 Å². The Bertz CT molecular complexity index is 385. The molecule has 0 spiro atoms. The van der Waals surface area contributed by atoms with Crippen molar-refractivity contribution in [3.05, 3.63) is 29.3 Å². The lowest BCUT2D eigenvalue weighted by Crippen LogP contribution is -2.46. The van der Waals surface area contributed by atoms with Gasteiger partial charge in [0.25, 0.3) is 0 Å². The van der Waals surface area contributed by atoms with E-state index in [1.165, 1.54) is 0 Å². The Balaban J connectivity index is 2.54. The third kappa shape index (κ3) is 5.44. The predicted octanol–water partition coefficient (Wildman–Crippen LogP) is 2.28. The summed E-state index contributed by atoms with van der Waals surface area (Å²) in [6, 6.07) is 7.46. The highest BCUT2D eigenvalue weighted by atomic mass is 35.5. The third-order valence-corrected chi connectivity index (χ3v) is 3.41. The molecular weight excluding hydrogens is 256 g/mol. The Morgan fingerprint density at radius 2 is 2.24 bits per heavy atom. The summed E-state index contributed by atoms with van der Waals surface area (Å²) >= 11 is 7.45. The number of rotatable bonds is 6. The second kappa shape index (κ2) is 6.89. The Morgan fingerprint density at radius 3 is 2.76 bits per heavy atom. The zero-order chi connectivity index (χ0) is 12.8. The molecule has 0 bridgehead atoms. The van der Waals surface area contributed by atoms with Crippen LogP contribution in [0, 0.1) is 0 Å². The fourth-order valence-corrected chi connectivity index (χ4v) is 2.61. The number of benzene rings is 1. The van der Waals surface area contributed by atoms with E-state index in [2.05, 4.69) is 5.32 Å². The molecule has 0 saturated heterocycles. The Kier molecular flexibility index (Phi) is 5.82. The second-order valence-corrected chi connectivity index (χ2v) is 5.57. The van der Waals surface area contributed by atoms with Crippen LogP contribution in [0.5, 0.6) is 0 Å². The van der Waals surface area contributed by atoms with E-state index in [1.54, 1.807) is 11.8 Å². The van der Waals surface area contributed by atoms with Gasteiger partial charge < -0.3 is 11.1 Å². The van der Waals surface area contributed by atoms with Crippen molar-refractivity contribution < 1.29 is 4.79 Å². The van der Waals surface area contributed by atoms with Crippen molar-refractivity contribution in [2.24, 2.45) is 5.73 Å². The lowest BCUT2D eigenvalue weighted by atomic mass is 10.3. The molecule has 0 aromatic heterocycles. The Hall–Kier alpha value is -0.710. The number of nitrogens with two attached hydrogens (primary N) is 1. The number of hydrogen-bond acceptors (Lipinski definition) is 3. The molecule has 1 aromatic carbocycles. The monoisotopic (exact) mass is 272 g/mol. The van der Waals surface area contributed by atoms with Crippen LogP contribution >= 0.6 is 23.4 Å². The number of primary amides is 1. The molecule has 0 heterocycles. The van der Waals surface area contributed by atoms with E-state index in [-0.39, 0.29) is 18.0 Å². The van der Waals surface area contributed by atoms with E-state index >= 15 is 0 Å². The maximum absolute atomic E-state index is 11.2. The normalized spacial score (nSPS) is 12.7. The van der Waals surface area contributed by atoms with Crippen molar-refractivity contribution in [1.82, 2.24) is 5.32 Å². The molecule has 0 aliphatic heterocycles. The van der Waals surface area contributed by atoms with Gasteiger partial charge in [-0.15, -0.1) is 11.8 Å². The summed E-state index contributed by atoms with van der Waals surface area (Å²) in [5.41, 5.74) is 5.34. The molecule has 5 heteroatoms. The average Bonchev–Trinajstić information content (AvgIpc) is 2.23. The molecule has 0 fully saturated rings. The van der Waals surface area contributed by atoms with Crippen molar-refractivity contribution in [2.45, 2.75) is 30.8 Å². The number of thioether (sulfide) groups is 1. The topological polar surface area (TPSA) is 55.1 Å². The van der Waals surface area contributed by atoms with Crippen LogP contribution in [0.3, 0.4) is 0 Å². The van der Waals surface area contributed by atoms with Gasteiger partial charge in [0.15, 0.2) is 0 Å². The zero-order valence-corrected chi connectivity index (χ0v) is 11.5. The SMILES string of the molecule is CC(C)NC(CSc1cccc(Cl)c1)C(N)=O. The smallest absolute Gasteiger partial charge is 0.235 e.